The number of aromatic hydroxyl groups is 1. The maximum absolute atomic E-state index is 12.5. The number of aliphatic carboxylic acids is 1. The van der Waals surface area contributed by atoms with Crippen LogP contribution in [0.4, 0.5) is 4.79 Å². The molecule has 3 aromatic rings. The number of methoxy groups -OCH3 is 1. The summed E-state index contributed by atoms with van der Waals surface area (Å²) >= 11 is 0. The Morgan fingerprint density at radius 1 is 0.969 bits per heavy atom. The number of hydrogen-bond acceptors (Lipinski definition) is 5. The summed E-state index contributed by atoms with van der Waals surface area (Å²) in [5.74, 6) is -1.29. The van der Waals surface area contributed by atoms with E-state index in [-0.39, 0.29) is 30.4 Å². The van der Waals surface area contributed by atoms with E-state index in [9.17, 15) is 19.8 Å². The predicted molar refractivity (Wildman–Crippen MR) is 118 cm³/mol. The van der Waals surface area contributed by atoms with Gasteiger partial charge in [0.05, 0.1) is 7.11 Å². The molecule has 1 aliphatic carbocycles. The van der Waals surface area contributed by atoms with Crippen LogP contribution in [0.3, 0.4) is 0 Å². The van der Waals surface area contributed by atoms with Gasteiger partial charge in [0.15, 0.2) is 11.5 Å². The number of phenolic OH excluding ortho intramolecular Hbond substituents is 1. The third-order valence-corrected chi connectivity index (χ3v) is 5.66. The molecule has 0 unspecified atom stereocenters. The third kappa shape index (κ3) is 4.09. The zero-order valence-electron chi connectivity index (χ0n) is 17.4. The van der Waals surface area contributed by atoms with Gasteiger partial charge < -0.3 is 25.0 Å². The van der Waals surface area contributed by atoms with Crippen LogP contribution in [-0.2, 0) is 16.0 Å². The average molecular weight is 433 g/mol. The van der Waals surface area contributed by atoms with E-state index in [2.05, 4.69) is 5.32 Å². The Morgan fingerprint density at radius 3 is 2.19 bits per heavy atom. The zero-order valence-corrected chi connectivity index (χ0v) is 17.4. The average Bonchev–Trinajstić information content (AvgIpc) is 3.12. The van der Waals surface area contributed by atoms with Gasteiger partial charge in [-0.2, -0.15) is 0 Å². The Kier molecular flexibility index (Phi) is 5.98. The molecule has 0 bridgehead atoms. The van der Waals surface area contributed by atoms with Gasteiger partial charge in [-0.25, -0.2) is 9.59 Å². The Morgan fingerprint density at radius 2 is 1.59 bits per heavy atom. The number of carboxylic acid groups (broad SMARTS) is 1. The van der Waals surface area contributed by atoms with Crippen molar-refractivity contribution in [2.75, 3.05) is 13.7 Å². The summed E-state index contributed by atoms with van der Waals surface area (Å²) in [5.41, 5.74) is 4.69. The van der Waals surface area contributed by atoms with E-state index >= 15 is 0 Å². The van der Waals surface area contributed by atoms with E-state index in [0.717, 1.165) is 22.3 Å². The van der Waals surface area contributed by atoms with Gasteiger partial charge in [0, 0.05) is 17.9 Å². The van der Waals surface area contributed by atoms with Gasteiger partial charge in [-0.3, -0.25) is 0 Å². The minimum absolute atomic E-state index is 0.0800. The maximum atomic E-state index is 12.5. The smallest absolute Gasteiger partial charge is 0.407 e. The normalized spacial score (nSPS) is 13.0. The highest BCUT2D eigenvalue weighted by Crippen LogP contribution is 2.44. The molecule has 0 saturated heterocycles. The molecule has 32 heavy (non-hydrogen) atoms. The van der Waals surface area contributed by atoms with Crippen molar-refractivity contribution in [2.24, 2.45) is 0 Å². The molecule has 0 saturated carbocycles. The van der Waals surface area contributed by atoms with E-state index in [1.807, 2.05) is 48.5 Å². The van der Waals surface area contributed by atoms with Crippen LogP contribution in [0.2, 0.25) is 0 Å². The number of carboxylic acids is 1. The van der Waals surface area contributed by atoms with Crippen molar-refractivity contribution in [2.45, 2.75) is 18.4 Å². The van der Waals surface area contributed by atoms with Gasteiger partial charge in [0.25, 0.3) is 0 Å². The van der Waals surface area contributed by atoms with Crippen molar-refractivity contribution >= 4 is 12.1 Å². The van der Waals surface area contributed by atoms with Crippen LogP contribution >= 0.6 is 0 Å². The maximum Gasteiger partial charge on any atom is 0.407 e. The molecule has 164 valence electrons. The highest BCUT2D eigenvalue weighted by molar-refractivity contribution is 5.81. The van der Waals surface area contributed by atoms with Gasteiger partial charge in [-0.1, -0.05) is 60.7 Å². The standard InChI is InChI=1S/C25H23NO6/c1-31-22-12-6-7-15(23(22)27)13-21(24(28)29)26-25(30)32-14-20-18-10-4-2-8-16(18)17-9-3-5-11-19(17)20/h2-12,20-21,27H,13-14H2,1H3,(H,26,30)(H,28,29)/t21-/m1/s1. The number of hydrogen-bond donors (Lipinski definition) is 3. The monoisotopic (exact) mass is 433 g/mol. The first-order valence-electron chi connectivity index (χ1n) is 10.2. The molecule has 0 radical (unpaired) electrons. The summed E-state index contributed by atoms with van der Waals surface area (Å²) in [5, 5.41) is 22.2. The minimum Gasteiger partial charge on any atom is -0.504 e. The molecule has 0 heterocycles. The van der Waals surface area contributed by atoms with Crippen molar-refractivity contribution in [3.63, 3.8) is 0 Å². The van der Waals surface area contributed by atoms with Gasteiger partial charge >= 0.3 is 12.1 Å². The number of rotatable bonds is 7. The van der Waals surface area contributed by atoms with Crippen molar-refractivity contribution in [3.8, 4) is 22.6 Å². The lowest BCUT2D eigenvalue weighted by Gasteiger charge is -2.18. The number of phenols is 1. The molecule has 3 aromatic carbocycles. The predicted octanol–water partition coefficient (Wildman–Crippen LogP) is 3.94. The van der Waals surface area contributed by atoms with Crippen LogP contribution < -0.4 is 10.1 Å². The summed E-state index contributed by atoms with van der Waals surface area (Å²) in [6.07, 6.45) is -0.954. The first-order chi connectivity index (χ1) is 15.5. The SMILES string of the molecule is COc1cccc(C[C@@H](NC(=O)OCC2c3ccccc3-c3ccccc32)C(=O)O)c1O. The second-order valence-electron chi connectivity index (χ2n) is 7.53. The number of carbonyl (C=O) groups excluding carboxylic acids is 1. The summed E-state index contributed by atoms with van der Waals surface area (Å²) in [6, 6.07) is 19.4. The number of ether oxygens (including phenoxy) is 2. The van der Waals surface area contributed by atoms with Crippen molar-refractivity contribution in [1.82, 2.24) is 5.32 Å². The van der Waals surface area contributed by atoms with Crippen molar-refractivity contribution < 1.29 is 29.3 Å². The number of nitrogens with one attached hydrogen (secondary N) is 1. The van der Waals surface area contributed by atoms with Gasteiger partial charge in [0.1, 0.15) is 12.6 Å². The first kappa shape index (κ1) is 21.2. The van der Waals surface area contributed by atoms with E-state index in [1.54, 1.807) is 18.2 Å². The molecule has 0 aromatic heterocycles. The molecule has 1 aliphatic rings. The van der Waals surface area contributed by atoms with Crippen LogP contribution in [-0.4, -0.2) is 42.0 Å². The number of carbonyl (C=O) groups is 2. The summed E-state index contributed by atoms with van der Waals surface area (Å²) < 4.78 is 10.5. The van der Waals surface area contributed by atoms with E-state index in [1.165, 1.54) is 7.11 Å². The molecule has 0 fully saturated rings. The third-order valence-electron chi connectivity index (χ3n) is 5.66. The quantitative estimate of drug-likeness (QED) is 0.521. The van der Waals surface area contributed by atoms with Crippen LogP contribution in [0.25, 0.3) is 11.1 Å². The molecular formula is C25H23NO6. The number of alkyl carbamates (subject to hydrolysis) is 1. The topological polar surface area (TPSA) is 105 Å². The molecular weight excluding hydrogens is 410 g/mol. The van der Waals surface area contributed by atoms with Gasteiger partial charge in [-0.05, 0) is 28.3 Å². The van der Waals surface area contributed by atoms with Crippen LogP contribution in [0.1, 0.15) is 22.6 Å². The number of para-hydroxylation sites is 1. The highest BCUT2D eigenvalue weighted by atomic mass is 16.5. The van der Waals surface area contributed by atoms with E-state index in [4.69, 9.17) is 9.47 Å². The number of fused-ring (bicyclic) bond motifs is 3. The molecule has 7 heteroatoms. The second kappa shape index (κ2) is 9.01. The number of benzene rings is 3. The second-order valence-corrected chi connectivity index (χ2v) is 7.53. The molecule has 1 amide bonds. The fourth-order valence-electron chi connectivity index (χ4n) is 4.10. The lowest BCUT2D eigenvalue weighted by molar-refractivity contribution is -0.139. The van der Waals surface area contributed by atoms with Crippen molar-refractivity contribution in [3.05, 3.63) is 83.4 Å². The van der Waals surface area contributed by atoms with Crippen molar-refractivity contribution in [1.29, 1.82) is 0 Å². The van der Waals surface area contributed by atoms with Crippen LogP contribution in [0.5, 0.6) is 11.5 Å². The molecule has 1 atom stereocenters. The lowest BCUT2D eigenvalue weighted by atomic mass is 9.98. The minimum atomic E-state index is -1.27. The fraction of sp³-hybridized carbons (Fsp3) is 0.200. The highest BCUT2D eigenvalue weighted by Gasteiger charge is 2.30. The summed E-state index contributed by atoms with van der Waals surface area (Å²) in [7, 11) is 1.41. The van der Waals surface area contributed by atoms with E-state index in [0.29, 0.717) is 5.56 Å². The fourth-order valence-corrected chi connectivity index (χ4v) is 4.10. The molecule has 3 N–H and O–H groups in total. The first-order valence-corrected chi connectivity index (χ1v) is 10.2. The Balaban J connectivity index is 1.45. The largest absolute Gasteiger partial charge is 0.504 e. The Bertz CT molecular complexity index is 1110. The van der Waals surface area contributed by atoms with Gasteiger partial charge in [0.2, 0.25) is 0 Å². The summed E-state index contributed by atoms with van der Waals surface area (Å²) in [4.78, 5) is 24.2. The number of amides is 1. The molecule has 7 nitrogen and oxygen atoms in total. The van der Waals surface area contributed by atoms with Gasteiger partial charge in [-0.15, -0.1) is 0 Å². The van der Waals surface area contributed by atoms with E-state index < -0.39 is 18.1 Å². The lowest BCUT2D eigenvalue weighted by Crippen LogP contribution is -2.42. The van der Waals surface area contributed by atoms with Crippen LogP contribution in [0, 0.1) is 0 Å². The molecule has 0 aliphatic heterocycles. The Hall–Kier alpha value is -4.00. The molecule has 4 rings (SSSR count). The zero-order chi connectivity index (χ0) is 22.7. The summed E-state index contributed by atoms with van der Waals surface area (Å²) in [6.45, 7) is 0.0800. The van der Waals surface area contributed by atoms with Crippen LogP contribution in [0.15, 0.2) is 66.7 Å². The molecule has 0 spiro atoms. The Labute approximate surface area is 185 Å².